The van der Waals surface area contributed by atoms with Gasteiger partial charge in [0.1, 0.15) is 0 Å². The van der Waals surface area contributed by atoms with Crippen molar-refractivity contribution < 1.29 is 0 Å². The quantitative estimate of drug-likeness (QED) is 0.549. The predicted octanol–water partition coefficient (Wildman–Crippen LogP) is 3.37. The Labute approximate surface area is 64.0 Å². The summed E-state index contributed by atoms with van der Waals surface area (Å²) in [4.78, 5) is 0. The summed E-state index contributed by atoms with van der Waals surface area (Å²) in [6.07, 6.45) is 10.7. The van der Waals surface area contributed by atoms with E-state index < -0.39 is 0 Å². The Bertz CT molecular complexity index is 116. The van der Waals surface area contributed by atoms with Gasteiger partial charge in [0.25, 0.3) is 0 Å². The topological polar surface area (TPSA) is 0 Å². The summed E-state index contributed by atoms with van der Waals surface area (Å²) in [6, 6.07) is 0. The fraction of sp³-hybridized carbons (Fsp3) is 1.00. The average Bonchev–Trinajstić information content (AvgIpc) is 2.71. The molecule has 0 aromatic rings. The van der Waals surface area contributed by atoms with E-state index in [0.29, 0.717) is 0 Å². The SMILES string of the molecule is CCC1(C2CC2)CCCC1. The van der Waals surface area contributed by atoms with Gasteiger partial charge in [-0.2, -0.15) is 0 Å². The van der Waals surface area contributed by atoms with Gasteiger partial charge in [0.2, 0.25) is 0 Å². The van der Waals surface area contributed by atoms with E-state index in [1.165, 1.54) is 19.3 Å². The molecule has 10 heavy (non-hydrogen) atoms. The van der Waals surface area contributed by atoms with E-state index in [-0.39, 0.29) is 0 Å². The fourth-order valence-electron chi connectivity index (χ4n) is 2.83. The number of hydrogen-bond acceptors (Lipinski definition) is 0. The van der Waals surface area contributed by atoms with Crippen molar-refractivity contribution in [1.82, 2.24) is 0 Å². The van der Waals surface area contributed by atoms with Crippen molar-refractivity contribution in [3.8, 4) is 0 Å². The predicted molar refractivity (Wildman–Crippen MR) is 43.9 cm³/mol. The van der Waals surface area contributed by atoms with Crippen LogP contribution in [0.5, 0.6) is 0 Å². The van der Waals surface area contributed by atoms with Crippen LogP contribution in [0.25, 0.3) is 0 Å². The summed E-state index contributed by atoms with van der Waals surface area (Å²) in [6.45, 7) is 2.39. The normalized spacial score (nSPS) is 30.9. The molecule has 0 heteroatoms. The number of rotatable bonds is 2. The van der Waals surface area contributed by atoms with Gasteiger partial charge in [-0.3, -0.25) is 0 Å². The highest BCUT2D eigenvalue weighted by molar-refractivity contribution is 4.95. The highest BCUT2D eigenvalue weighted by atomic mass is 14.5. The van der Waals surface area contributed by atoms with Crippen LogP contribution in [0.1, 0.15) is 51.9 Å². The standard InChI is InChI=1S/C10H18/c1-2-10(9-5-6-9)7-3-4-8-10/h9H,2-8H2,1H3. The second-order valence-electron chi connectivity index (χ2n) is 4.20. The van der Waals surface area contributed by atoms with Gasteiger partial charge in [-0.1, -0.05) is 26.2 Å². The molecule has 58 valence electrons. The van der Waals surface area contributed by atoms with Crippen LogP contribution in [0.4, 0.5) is 0 Å². The lowest BCUT2D eigenvalue weighted by molar-refractivity contribution is 0.237. The first-order valence-electron chi connectivity index (χ1n) is 4.87. The molecule has 0 aromatic carbocycles. The minimum Gasteiger partial charge on any atom is -0.0648 e. The van der Waals surface area contributed by atoms with Gasteiger partial charge in [-0.15, -0.1) is 0 Å². The van der Waals surface area contributed by atoms with Crippen molar-refractivity contribution in [3.05, 3.63) is 0 Å². The largest absolute Gasteiger partial charge is 0.0648 e. The van der Waals surface area contributed by atoms with E-state index in [9.17, 15) is 0 Å². The van der Waals surface area contributed by atoms with Crippen molar-refractivity contribution in [2.24, 2.45) is 11.3 Å². The average molecular weight is 138 g/mol. The van der Waals surface area contributed by atoms with E-state index in [4.69, 9.17) is 0 Å². The molecule has 0 unspecified atom stereocenters. The Hall–Kier alpha value is 0. The summed E-state index contributed by atoms with van der Waals surface area (Å²) in [5, 5.41) is 0. The Morgan fingerprint density at radius 1 is 1.20 bits per heavy atom. The minimum atomic E-state index is 0.847. The zero-order chi connectivity index (χ0) is 7.03. The van der Waals surface area contributed by atoms with E-state index in [0.717, 1.165) is 11.3 Å². The Morgan fingerprint density at radius 3 is 2.20 bits per heavy atom. The van der Waals surface area contributed by atoms with Crippen molar-refractivity contribution in [2.45, 2.75) is 51.9 Å². The van der Waals surface area contributed by atoms with Gasteiger partial charge >= 0.3 is 0 Å². The van der Waals surface area contributed by atoms with Gasteiger partial charge in [-0.05, 0) is 37.0 Å². The lowest BCUT2D eigenvalue weighted by Crippen LogP contribution is -2.17. The maximum Gasteiger partial charge on any atom is -0.0272 e. The second kappa shape index (κ2) is 2.25. The maximum atomic E-state index is 2.39. The third-order valence-electron chi connectivity index (χ3n) is 3.75. The fourth-order valence-corrected chi connectivity index (χ4v) is 2.83. The molecule has 0 N–H and O–H groups in total. The summed E-state index contributed by atoms with van der Waals surface area (Å²) in [7, 11) is 0. The van der Waals surface area contributed by atoms with Crippen LogP contribution in [0.2, 0.25) is 0 Å². The van der Waals surface area contributed by atoms with E-state index in [1.807, 2.05) is 0 Å². The van der Waals surface area contributed by atoms with Crippen LogP contribution in [0.15, 0.2) is 0 Å². The molecule has 0 nitrogen and oxygen atoms in total. The molecule has 2 fully saturated rings. The summed E-state index contributed by atoms with van der Waals surface area (Å²) < 4.78 is 0. The first-order chi connectivity index (χ1) is 4.87. The van der Waals surface area contributed by atoms with Crippen LogP contribution in [0, 0.1) is 11.3 Å². The van der Waals surface area contributed by atoms with Gasteiger partial charge in [0.05, 0.1) is 0 Å². The number of hydrogen-bond donors (Lipinski definition) is 0. The third-order valence-corrected chi connectivity index (χ3v) is 3.75. The summed E-state index contributed by atoms with van der Waals surface area (Å²) in [5.41, 5.74) is 0.847. The van der Waals surface area contributed by atoms with Crippen molar-refractivity contribution >= 4 is 0 Å². The lowest BCUT2D eigenvalue weighted by atomic mass is 9.78. The summed E-state index contributed by atoms with van der Waals surface area (Å²) >= 11 is 0. The first-order valence-corrected chi connectivity index (χ1v) is 4.87. The van der Waals surface area contributed by atoms with Crippen molar-refractivity contribution in [1.29, 1.82) is 0 Å². The molecule has 0 atom stereocenters. The second-order valence-corrected chi connectivity index (χ2v) is 4.20. The van der Waals surface area contributed by atoms with Crippen LogP contribution >= 0.6 is 0 Å². The maximum absolute atomic E-state index is 2.39. The molecule has 0 heterocycles. The highest BCUT2D eigenvalue weighted by Crippen LogP contribution is 2.56. The van der Waals surface area contributed by atoms with Crippen molar-refractivity contribution in [2.75, 3.05) is 0 Å². The Morgan fingerprint density at radius 2 is 1.80 bits per heavy atom. The summed E-state index contributed by atoms with van der Waals surface area (Å²) in [5.74, 6) is 1.15. The Kier molecular flexibility index (Phi) is 1.51. The monoisotopic (exact) mass is 138 g/mol. The molecule has 2 aliphatic carbocycles. The van der Waals surface area contributed by atoms with E-state index in [1.54, 1.807) is 25.7 Å². The molecule has 2 rings (SSSR count). The highest BCUT2D eigenvalue weighted by Gasteiger charge is 2.44. The van der Waals surface area contributed by atoms with Crippen molar-refractivity contribution in [3.63, 3.8) is 0 Å². The van der Waals surface area contributed by atoms with E-state index in [2.05, 4.69) is 6.92 Å². The zero-order valence-corrected chi connectivity index (χ0v) is 7.03. The minimum absolute atomic E-state index is 0.847. The van der Waals surface area contributed by atoms with Gasteiger partial charge < -0.3 is 0 Å². The molecule has 0 amide bonds. The molecule has 0 radical (unpaired) electrons. The molecule has 2 aliphatic rings. The molecular formula is C10H18. The molecule has 0 saturated heterocycles. The molecule has 0 bridgehead atoms. The van der Waals surface area contributed by atoms with Crippen LogP contribution in [0.3, 0.4) is 0 Å². The smallest absolute Gasteiger partial charge is 0.0272 e. The van der Waals surface area contributed by atoms with E-state index >= 15 is 0 Å². The lowest BCUT2D eigenvalue weighted by Gasteiger charge is -2.26. The van der Waals surface area contributed by atoms with Gasteiger partial charge in [0.15, 0.2) is 0 Å². The van der Waals surface area contributed by atoms with Crippen LogP contribution in [-0.2, 0) is 0 Å². The van der Waals surface area contributed by atoms with Gasteiger partial charge in [-0.25, -0.2) is 0 Å². The van der Waals surface area contributed by atoms with Crippen LogP contribution in [-0.4, -0.2) is 0 Å². The first kappa shape index (κ1) is 6.69. The third kappa shape index (κ3) is 0.889. The molecular weight excluding hydrogens is 120 g/mol. The molecule has 0 spiro atoms. The zero-order valence-electron chi connectivity index (χ0n) is 7.03. The Balaban J connectivity index is 2.04. The molecule has 0 aliphatic heterocycles. The molecule has 0 aromatic heterocycles. The van der Waals surface area contributed by atoms with Crippen LogP contribution < -0.4 is 0 Å². The molecule has 2 saturated carbocycles. The van der Waals surface area contributed by atoms with Gasteiger partial charge in [0, 0.05) is 0 Å².